The first-order valence-corrected chi connectivity index (χ1v) is 10.8. The molecule has 1 N–H and O–H groups in total. The molecule has 4 nitrogen and oxygen atoms in total. The molecule has 0 aliphatic heterocycles. The zero-order valence-corrected chi connectivity index (χ0v) is 15.8. The molecule has 1 aliphatic rings. The molecule has 1 aromatic rings. The molecule has 0 saturated heterocycles. The van der Waals surface area contributed by atoms with Crippen LogP contribution in [0.15, 0.2) is 24.3 Å². The SMILES string of the molecule is CC(C)CCCCCS(=O)(=O)NCc1cccc(OCC2CC2)c1. The Hall–Kier alpha value is -1.07. The van der Waals surface area contributed by atoms with Gasteiger partial charge in [0.05, 0.1) is 12.4 Å². The third kappa shape index (κ3) is 8.15. The molecule has 0 unspecified atom stereocenters. The lowest BCUT2D eigenvalue weighted by Gasteiger charge is -2.09. The molecular formula is C19H31NO3S. The van der Waals surface area contributed by atoms with Gasteiger partial charge in [0.1, 0.15) is 5.75 Å². The summed E-state index contributed by atoms with van der Waals surface area (Å²) in [6, 6.07) is 7.69. The van der Waals surface area contributed by atoms with Crippen molar-refractivity contribution in [2.45, 2.75) is 58.9 Å². The highest BCUT2D eigenvalue weighted by atomic mass is 32.2. The van der Waals surface area contributed by atoms with Gasteiger partial charge in [-0.1, -0.05) is 45.2 Å². The van der Waals surface area contributed by atoms with Crippen LogP contribution in [0.2, 0.25) is 0 Å². The fourth-order valence-electron chi connectivity index (χ4n) is 2.53. The summed E-state index contributed by atoms with van der Waals surface area (Å²) in [4.78, 5) is 0. The van der Waals surface area contributed by atoms with E-state index in [1.54, 1.807) is 0 Å². The van der Waals surface area contributed by atoms with Crippen LogP contribution < -0.4 is 9.46 Å². The first-order valence-electron chi connectivity index (χ1n) is 9.14. The number of nitrogens with one attached hydrogen (secondary N) is 1. The number of benzene rings is 1. The number of ether oxygens (including phenoxy) is 1. The van der Waals surface area contributed by atoms with Gasteiger partial charge < -0.3 is 4.74 Å². The molecule has 0 heterocycles. The average molecular weight is 354 g/mol. The summed E-state index contributed by atoms with van der Waals surface area (Å²) in [7, 11) is -3.20. The fraction of sp³-hybridized carbons (Fsp3) is 0.684. The fourth-order valence-corrected chi connectivity index (χ4v) is 3.65. The van der Waals surface area contributed by atoms with Crippen molar-refractivity contribution in [2.24, 2.45) is 11.8 Å². The van der Waals surface area contributed by atoms with Crippen LogP contribution in [-0.2, 0) is 16.6 Å². The number of rotatable bonds is 12. The van der Waals surface area contributed by atoms with Crippen molar-refractivity contribution in [2.75, 3.05) is 12.4 Å². The van der Waals surface area contributed by atoms with Gasteiger partial charge in [-0.15, -0.1) is 0 Å². The highest BCUT2D eigenvalue weighted by Crippen LogP contribution is 2.29. The molecule has 0 amide bonds. The van der Waals surface area contributed by atoms with Crippen LogP contribution in [0, 0.1) is 11.8 Å². The van der Waals surface area contributed by atoms with Gasteiger partial charge in [0.2, 0.25) is 10.0 Å². The maximum atomic E-state index is 12.1. The quantitative estimate of drug-likeness (QED) is 0.575. The van der Waals surface area contributed by atoms with Crippen molar-refractivity contribution in [3.8, 4) is 5.75 Å². The Morgan fingerprint density at radius 3 is 2.71 bits per heavy atom. The van der Waals surface area contributed by atoms with E-state index in [4.69, 9.17) is 4.74 Å². The van der Waals surface area contributed by atoms with Crippen LogP contribution in [0.4, 0.5) is 0 Å². The molecule has 0 radical (unpaired) electrons. The molecule has 1 aromatic carbocycles. The Balaban J connectivity index is 1.69. The molecule has 1 saturated carbocycles. The topological polar surface area (TPSA) is 55.4 Å². The summed E-state index contributed by atoms with van der Waals surface area (Å²) in [6.45, 7) is 5.49. The van der Waals surface area contributed by atoms with E-state index in [1.165, 1.54) is 19.3 Å². The summed E-state index contributed by atoms with van der Waals surface area (Å²) in [6.07, 6.45) is 6.50. The lowest BCUT2D eigenvalue weighted by atomic mass is 10.1. The van der Waals surface area contributed by atoms with Gasteiger partial charge in [0, 0.05) is 6.54 Å². The van der Waals surface area contributed by atoms with Crippen molar-refractivity contribution in [3.05, 3.63) is 29.8 Å². The van der Waals surface area contributed by atoms with Gasteiger partial charge in [-0.05, 0) is 48.8 Å². The van der Waals surface area contributed by atoms with E-state index in [1.807, 2.05) is 24.3 Å². The molecule has 0 aromatic heterocycles. The lowest BCUT2D eigenvalue weighted by Crippen LogP contribution is -2.26. The summed E-state index contributed by atoms with van der Waals surface area (Å²) >= 11 is 0. The normalized spacial score (nSPS) is 15.0. The molecular weight excluding hydrogens is 322 g/mol. The Labute approximate surface area is 147 Å². The minimum atomic E-state index is -3.20. The zero-order chi connectivity index (χ0) is 17.4. The third-order valence-electron chi connectivity index (χ3n) is 4.27. The summed E-state index contributed by atoms with van der Waals surface area (Å²) < 4.78 is 32.6. The van der Waals surface area contributed by atoms with Crippen molar-refractivity contribution in [3.63, 3.8) is 0 Å². The zero-order valence-electron chi connectivity index (χ0n) is 15.0. The van der Waals surface area contributed by atoms with E-state index in [9.17, 15) is 8.42 Å². The average Bonchev–Trinajstić information content (AvgIpc) is 3.35. The lowest BCUT2D eigenvalue weighted by molar-refractivity contribution is 0.299. The Morgan fingerprint density at radius 2 is 2.00 bits per heavy atom. The first-order chi connectivity index (χ1) is 11.4. The van der Waals surface area contributed by atoms with Crippen LogP contribution in [0.5, 0.6) is 5.75 Å². The maximum absolute atomic E-state index is 12.1. The molecule has 136 valence electrons. The van der Waals surface area contributed by atoms with Gasteiger partial charge in [-0.2, -0.15) is 0 Å². The van der Waals surface area contributed by atoms with Crippen LogP contribution in [0.1, 0.15) is 57.9 Å². The van der Waals surface area contributed by atoms with Crippen molar-refractivity contribution < 1.29 is 13.2 Å². The largest absolute Gasteiger partial charge is 0.493 e. The summed E-state index contributed by atoms with van der Waals surface area (Å²) in [5.41, 5.74) is 0.937. The van der Waals surface area contributed by atoms with Crippen LogP contribution >= 0.6 is 0 Å². The Kier molecular flexibility index (Phi) is 7.56. The van der Waals surface area contributed by atoms with Crippen molar-refractivity contribution >= 4 is 10.0 Å². The van der Waals surface area contributed by atoms with Crippen molar-refractivity contribution in [1.82, 2.24) is 4.72 Å². The van der Waals surface area contributed by atoms with Gasteiger partial charge >= 0.3 is 0 Å². The molecule has 1 aliphatic carbocycles. The molecule has 0 bridgehead atoms. The smallest absolute Gasteiger partial charge is 0.211 e. The van der Waals surface area contributed by atoms with E-state index in [-0.39, 0.29) is 5.75 Å². The van der Waals surface area contributed by atoms with Crippen molar-refractivity contribution in [1.29, 1.82) is 0 Å². The van der Waals surface area contributed by atoms with Gasteiger partial charge in [0.25, 0.3) is 0 Å². The van der Waals surface area contributed by atoms with Crippen LogP contribution in [-0.4, -0.2) is 20.8 Å². The predicted molar refractivity (Wildman–Crippen MR) is 98.6 cm³/mol. The number of sulfonamides is 1. The molecule has 2 rings (SSSR count). The first kappa shape index (κ1) is 19.3. The Bertz CT molecular complexity index is 594. The standard InChI is InChI=1S/C19H31NO3S/c1-16(2)7-4-3-5-12-24(21,22)20-14-18-8-6-9-19(13-18)23-15-17-10-11-17/h6,8-9,13,16-17,20H,3-5,7,10-12,14-15H2,1-2H3. The molecule has 0 atom stereocenters. The van der Waals surface area contributed by atoms with Gasteiger partial charge in [-0.3, -0.25) is 0 Å². The minimum Gasteiger partial charge on any atom is -0.493 e. The van der Waals surface area contributed by atoms with Gasteiger partial charge in [-0.25, -0.2) is 13.1 Å². The predicted octanol–water partition coefficient (Wildman–Crippen LogP) is 4.11. The van der Waals surface area contributed by atoms with Crippen LogP contribution in [0.25, 0.3) is 0 Å². The second-order valence-electron chi connectivity index (χ2n) is 7.28. The number of hydrogen-bond donors (Lipinski definition) is 1. The summed E-state index contributed by atoms with van der Waals surface area (Å²) in [5.74, 6) is 2.44. The summed E-state index contributed by atoms with van der Waals surface area (Å²) in [5, 5.41) is 0. The number of unbranched alkanes of at least 4 members (excludes halogenated alkanes) is 2. The maximum Gasteiger partial charge on any atom is 0.211 e. The third-order valence-corrected chi connectivity index (χ3v) is 5.68. The van der Waals surface area contributed by atoms with E-state index in [2.05, 4.69) is 18.6 Å². The minimum absolute atomic E-state index is 0.211. The Morgan fingerprint density at radius 1 is 1.21 bits per heavy atom. The van der Waals surface area contributed by atoms with Crippen LogP contribution in [0.3, 0.4) is 0 Å². The molecule has 24 heavy (non-hydrogen) atoms. The molecule has 1 fully saturated rings. The molecule has 0 spiro atoms. The highest BCUT2D eigenvalue weighted by Gasteiger charge is 2.21. The second-order valence-corrected chi connectivity index (χ2v) is 9.21. The van der Waals surface area contributed by atoms with E-state index >= 15 is 0 Å². The second kappa shape index (κ2) is 9.42. The van der Waals surface area contributed by atoms with E-state index in [0.717, 1.165) is 37.2 Å². The van der Waals surface area contributed by atoms with Gasteiger partial charge in [0.15, 0.2) is 0 Å². The number of hydrogen-bond acceptors (Lipinski definition) is 3. The van der Waals surface area contributed by atoms with E-state index < -0.39 is 10.0 Å². The highest BCUT2D eigenvalue weighted by molar-refractivity contribution is 7.89. The monoisotopic (exact) mass is 353 g/mol. The molecule has 5 heteroatoms. The van der Waals surface area contributed by atoms with E-state index in [0.29, 0.717) is 18.4 Å².